The molecule has 4 aliphatic heterocycles. The number of unbranched alkanes of at least 4 members (excludes halogenated alkanes) is 2. The summed E-state index contributed by atoms with van der Waals surface area (Å²) >= 11 is 0. The Morgan fingerprint density at radius 2 is 0.910 bits per heavy atom. The number of anilines is 4. The predicted molar refractivity (Wildman–Crippen MR) is 334 cm³/mol. The molecule has 0 bridgehead atoms. The first kappa shape index (κ1) is 65.8. The average Bonchev–Trinajstić information content (AvgIpc) is 1.89. The minimum absolute atomic E-state index is 0.102. The molecule has 4 heterocycles. The molecular weight excluding hydrogens is 1140 g/mol. The van der Waals surface area contributed by atoms with Crippen LogP contribution in [0.3, 0.4) is 0 Å². The van der Waals surface area contributed by atoms with E-state index < -0.39 is 60.0 Å². The van der Waals surface area contributed by atoms with Gasteiger partial charge in [-0.15, -0.1) is 0 Å². The monoisotopic (exact) mass is 1230 g/mol. The van der Waals surface area contributed by atoms with Gasteiger partial charge in [0.2, 0.25) is 23.6 Å². The quantitative estimate of drug-likeness (QED) is 0.0303. The Morgan fingerprint density at radius 1 is 0.539 bits per heavy atom. The molecule has 0 radical (unpaired) electrons. The van der Waals surface area contributed by atoms with Crippen LogP contribution in [0, 0.1) is 11.8 Å². The lowest BCUT2D eigenvalue weighted by molar-refractivity contribution is -0.127. The zero-order valence-corrected chi connectivity index (χ0v) is 51.8. The van der Waals surface area contributed by atoms with Crippen LogP contribution in [0.4, 0.5) is 32.3 Å². The van der Waals surface area contributed by atoms with Gasteiger partial charge < -0.3 is 71.0 Å². The van der Waals surface area contributed by atoms with E-state index in [1.54, 1.807) is 96.4 Å². The van der Waals surface area contributed by atoms with Crippen LogP contribution < -0.4 is 61.5 Å². The Morgan fingerprint density at radius 3 is 1.26 bits per heavy atom. The highest BCUT2D eigenvalue weighted by molar-refractivity contribution is 6.07. The molecule has 2 saturated heterocycles. The second kappa shape index (κ2) is 29.2. The number of benzene rings is 4. The second-order valence-electron chi connectivity index (χ2n) is 23.6. The van der Waals surface area contributed by atoms with Gasteiger partial charge in [-0.25, -0.2) is 9.59 Å². The van der Waals surface area contributed by atoms with E-state index in [0.717, 1.165) is 11.1 Å². The molecule has 8 amide bonds. The van der Waals surface area contributed by atoms with Crippen molar-refractivity contribution in [1.82, 2.24) is 20.4 Å². The van der Waals surface area contributed by atoms with Crippen molar-refractivity contribution in [3.05, 3.63) is 119 Å². The molecule has 6 atom stereocenters. The van der Waals surface area contributed by atoms with Gasteiger partial charge in [-0.3, -0.25) is 38.6 Å². The van der Waals surface area contributed by atoms with E-state index >= 15 is 0 Å². The van der Waals surface area contributed by atoms with Gasteiger partial charge in [-0.1, -0.05) is 76.3 Å². The highest BCUT2D eigenvalue weighted by atomic mass is 16.6. The van der Waals surface area contributed by atoms with Gasteiger partial charge in [0.05, 0.1) is 87.2 Å². The van der Waals surface area contributed by atoms with Gasteiger partial charge in [0.15, 0.2) is 23.0 Å². The van der Waals surface area contributed by atoms with Gasteiger partial charge in [0, 0.05) is 36.6 Å². The molecule has 476 valence electrons. The number of hydrogen-bond donors (Lipinski definition) is 6. The number of nitrogens with zero attached hydrogens (tertiary/aromatic N) is 4. The van der Waals surface area contributed by atoms with E-state index in [0.29, 0.717) is 102 Å². The summed E-state index contributed by atoms with van der Waals surface area (Å²) in [7, 11) is 2.94. The fraction of sp³-hybridized carbons (Fsp3) is 0.446. The Kier molecular flexibility index (Phi) is 21.6. The Balaban J connectivity index is 0.877. The number of ether oxygens (including phenoxy) is 6. The summed E-state index contributed by atoms with van der Waals surface area (Å²) in [5.74, 6) is -1.28. The van der Waals surface area contributed by atoms with Crippen molar-refractivity contribution < 1.29 is 66.8 Å². The molecule has 4 aromatic rings. The first-order valence-corrected chi connectivity index (χ1v) is 29.9. The summed E-state index contributed by atoms with van der Waals surface area (Å²) in [4.78, 5) is 114. The molecule has 4 aliphatic rings. The van der Waals surface area contributed by atoms with Crippen LogP contribution in [-0.4, -0.2) is 147 Å². The van der Waals surface area contributed by atoms with Crippen LogP contribution in [0.25, 0.3) is 0 Å². The first-order chi connectivity index (χ1) is 42.4. The summed E-state index contributed by atoms with van der Waals surface area (Å²) < 4.78 is 35.8. The van der Waals surface area contributed by atoms with Crippen molar-refractivity contribution in [1.29, 1.82) is 0 Å². The van der Waals surface area contributed by atoms with Crippen molar-refractivity contribution in [2.75, 3.05) is 74.0 Å². The van der Waals surface area contributed by atoms with Gasteiger partial charge in [0.1, 0.15) is 25.3 Å². The van der Waals surface area contributed by atoms with Gasteiger partial charge in [0.25, 0.3) is 11.8 Å². The molecule has 24 heteroatoms. The highest BCUT2D eigenvalue weighted by Gasteiger charge is 2.43. The van der Waals surface area contributed by atoms with Crippen molar-refractivity contribution in [3.8, 4) is 23.0 Å². The standard InChI is InChI=1S/C65H82N10O14/c1-36(2)56(66)60(78)68-40(7)58(76)70-44-18-14-42(15-19-44)34-88-64(82)74-32-46-24-38(5)30-72(46)62(80)48-26-52(84-9)54(28-50(48)74)86-22-12-11-13-23-87-55-29-51-49(27-53(55)85-10)63(81)73-31-39(6)25-47(73)33-75(51)65(83)89-35-43-16-20-45(21-17-43)71-59(77)41(8)69-61(79)57(67)37(3)4/h14-21,26-29,36-37,40-41,46-47,56-57H,5-6,11-13,22-25,30-35,66-67H2,1-4,7-10H3,(H,68,78)(H,69,79)(H,70,76)(H,71,77)/t40-,41-,46-,47-,56-,57-/m0/s1. The van der Waals surface area contributed by atoms with Crippen LogP contribution in [-0.2, 0) is 41.9 Å². The molecule has 0 unspecified atom stereocenters. The number of carbonyl (C=O) groups excluding carboxylic acids is 8. The van der Waals surface area contributed by atoms with Crippen molar-refractivity contribution in [3.63, 3.8) is 0 Å². The van der Waals surface area contributed by atoms with E-state index in [9.17, 15) is 38.4 Å². The lowest BCUT2D eigenvalue weighted by Crippen LogP contribution is -2.50. The maximum absolute atomic E-state index is 14.2. The highest BCUT2D eigenvalue weighted by Crippen LogP contribution is 2.42. The van der Waals surface area contributed by atoms with Crippen LogP contribution >= 0.6 is 0 Å². The third-order valence-corrected chi connectivity index (χ3v) is 16.1. The van der Waals surface area contributed by atoms with Crippen LogP contribution in [0.15, 0.2) is 97.1 Å². The molecule has 8 rings (SSSR count). The molecule has 89 heavy (non-hydrogen) atoms. The van der Waals surface area contributed by atoms with Gasteiger partial charge in [-0.2, -0.15) is 0 Å². The summed E-state index contributed by atoms with van der Waals surface area (Å²) in [5, 5.41) is 10.8. The molecule has 8 N–H and O–H groups in total. The Hall–Kier alpha value is -9.16. The summed E-state index contributed by atoms with van der Waals surface area (Å²) in [6.45, 7) is 19.8. The molecule has 2 fully saturated rings. The van der Waals surface area contributed by atoms with Crippen molar-refractivity contribution in [2.24, 2.45) is 23.3 Å². The summed E-state index contributed by atoms with van der Waals surface area (Å²) in [5.41, 5.74) is 16.8. The van der Waals surface area contributed by atoms with E-state index in [4.69, 9.17) is 39.9 Å². The Labute approximate surface area is 518 Å². The third-order valence-electron chi connectivity index (χ3n) is 16.1. The largest absolute Gasteiger partial charge is 0.493 e. The average molecular weight is 1230 g/mol. The lowest BCUT2D eigenvalue weighted by Gasteiger charge is -2.26. The van der Waals surface area contributed by atoms with Crippen LogP contribution in [0.5, 0.6) is 23.0 Å². The summed E-state index contributed by atoms with van der Waals surface area (Å²) in [6, 6.07) is 15.9. The molecule has 4 aromatic carbocycles. The van der Waals surface area contributed by atoms with Gasteiger partial charge >= 0.3 is 12.2 Å². The molecular formula is C65H82N10O14. The van der Waals surface area contributed by atoms with E-state index in [2.05, 4.69) is 34.4 Å². The van der Waals surface area contributed by atoms with Crippen LogP contribution in [0.2, 0.25) is 0 Å². The number of carbonyl (C=O) groups is 8. The number of hydrogen-bond acceptors (Lipinski definition) is 16. The number of amides is 8. The third kappa shape index (κ3) is 15.9. The number of nitrogens with one attached hydrogen (secondary N) is 4. The minimum atomic E-state index is -0.841. The van der Waals surface area contributed by atoms with Crippen LogP contribution in [0.1, 0.15) is 105 Å². The zero-order chi connectivity index (χ0) is 64.4. The molecule has 0 saturated carbocycles. The number of nitrogens with two attached hydrogens (primary N) is 2. The lowest BCUT2D eigenvalue weighted by atomic mass is 10.0. The fourth-order valence-electron chi connectivity index (χ4n) is 10.7. The van der Waals surface area contributed by atoms with Crippen molar-refractivity contribution in [2.45, 2.75) is 123 Å². The maximum atomic E-state index is 14.2. The zero-order valence-electron chi connectivity index (χ0n) is 51.8. The smallest absolute Gasteiger partial charge is 0.414 e. The normalized spacial score (nSPS) is 17.4. The van der Waals surface area contributed by atoms with E-state index in [1.165, 1.54) is 24.0 Å². The SMILES string of the molecule is C=C1C[C@H]2CN(C(=O)OCc3ccc(NC(=O)[C@H](C)NC(=O)[C@@H](N)C(C)C)cc3)c3cc(OCCCCCOc4cc5c(cc4OC)C(=O)N4CC(=C)C[C@H]4CN5C(=O)OCc4ccc(NC(=O)[C@H](C)NC(=O)[C@@H](N)C(C)C)cc4)c(OC)cc3C(=O)N2C1. The number of methoxy groups -OCH3 is 2. The van der Waals surface area contributed by atoms with Crippen molar-refractivity contribution >= 4 is 70.4 Å². The van der Waals surface area contributed by atoms with E-state index in [-0.39, 0.29) is 86.4 Å². The minimum Gasteiger partial charge on any atom is -0.493 e. The molecule has 0 aliphatic carbocycles. The maximum Gasteiger partial charge on any atom is 0.414 e. The second-order valence-corrected chi connectivity index (χ2v) is 23.6. The molecule has 0 aromatic heterocycles. The molecule has 0 spiro atoms. The topological polar surface area (TPSA) is 305 Å². The van der Waals surface area contributed by atoms with E-state index in [1.807, 2.05) is 27.7 Å². The number of fused-ring (bicyclic) bond motifs is 4. The Bertz CT molecular complexity index is 3120. The van der Waals surface area contributed by atoms with Gasteiger partial charge in [-0.05, 0) is 105 Å². The predicted octanol–water partition coefficient (Wildman–Crippen LogP) is 7.04. The summed E-state index contributed by atoms with van der Waals surface area (Å²) in [6.07, 6.45) is 1.40. The molecule has 24 nitrogen and oxygen atoms in total. The fourth-order valence-corrected chi connectivity index (χ4v) is 10.7. The number of rotatable bonds is 24. The first-order valence-electron chi connectivity index (χ1n) is 29.9.